The molecule has 0 radical (unpaired) electrons. The first kappa shape index (κ1) is 14.5. The summed E-state index contributed by atoms with van der Waals surface area (Å²) in [4.78, 5) is 2.57. The summed E-state index contributed by atoms with van der Waals surface area (Å²) >= 11 is 0. The highest BCUT2D eigenvalue weighted by Crippen LogP contribution is 2.13. The van der Waals surface area contributed by atoms with Crippen LogP contribution >= 0.6 is 0 Å². The van der Waals surface area contributed by atoms with Crippen molar-refractivity contribution in [1.82, 2.24) is 10.2 Å². The Hall–Kier alpha value is -0.900. The molecule has 1 saturated heterocycles. The minimum atomic E-state index is 0.310. The maximum Gasteiger partial charge on any atom is 0.0657 e. The van der Waals surface area contributed by atoms with E-state index in [1.165, 1.54) is 44.5 Å². The van der Waals surface area contributed by atoms with Crippen LogP contribution in [0.2, 0.25) is 0 Å². The lowest BCUT2D eigenvalue weighted by molar-refractivity contribution is 0.166. The summed E-state index contributed by atoms with van der Waals surface area (Å²) < 4.78 is 5.32. The number of benzene rings is 1. The van der Waals surface area contributed by atoms with Gasteiger partial charge in [0.15, 0.2) is 0 Å². The Morgan fingerprint density at radius 2 is 1.95 bits per heavy atom. The van der Waals surface area contributed by atoms with Gasteiger partial charge in [0.25, 0.3) is 0 Å². The number of nitrogens with zero attached hydrogens (tertiary/aromatic N) is 1. The number of hydrogen-bond donors (Lipinski definition) is 1. The van der Waals surface area contributed by atoms with Gasteiger partial charge in [0.2, 0.25) is 0 Å². The first-order valence-electron chi connectivity index (χ1n) is 7.40. The molecular formula is C16H26N2O. The summed E-state index contributed by atoms with van der Waals surface area (Å²) in [5.41, 5.74) is 1.31. The topological polar surface area (TPSA) is 24.5 Å². The fraction of sp³-hybridized carbons (Fsp3) is 0.625. The van der Waals surface area contributed by atoms with Crippen molar-refractivity contribution in [3.8, 4) is 0 Å². The van der Waals surface area contributed by atoms with Crippen molar-refractivity contribution in [2.45, 2.75) is 25.3 Å². The van der Waals surface area contributed by atoms with Gasteiger partial charge < -0.3 is 15.0 Å². The number of likely N-dealkylation sites (tertiary alicyclic amines) is 1. The SMILES string of the molecule is COCC(NCCCN1CCCC1)c1ccccc1. The van der Waals surface area contributed by atoms with Crippen molar-refractivity contribution in [2.24, 2.45) is 0 Å². The molecule has 1 fully saturated rings. The van der Waals surface area contributed by atoms with Crippen molar-refractivity contribution in [1.29, 1.82) is 0 Å². The molecule has 1 aromatic rings. The molecule has 0 bridgehead atoms. The standard InChI is InChI=1S/C16H26N2O/c1-19-14-16(15-8-3-2-4-9-15)17-10-7-13-18-11-5-6-12-18/h2-4,8-9,16-17H,5-7,10-14H2,1H3. The lowest BCUT2D eigenvalue weighted by Crippen LogP contribution is -2.29. The molecule has 3 nitrogen and oxygen atoms in total. The van der Waals surface area contributed by atoms with E-state index in [4.69, 9.17) is 4.74 Å². The Bertz CT molecular complexity index is 336. The highest BCUT2D eigenvalue weighted by Gasteiger charge is 2.12. The molecule has 0 spiro atoms. The van der Waals surface area contributed by atoms with Crippen LogP contribution in [0.15, 0.2) is 30.3 Å². The third kappa shape index (κ3) is 4.94. The van der Waals surface area contributed by atoms with Gasteiger partial charge in [-0.1, -0.05) is 30.3 Å². The number of hydrogen-bond acceptors (Lipinski definition) is 3. The molecule has 3 heteroatoms. The Labute approximate surface area is 116 Å². The molecule has 0 saturated carbocycles. The second kappa shape index (κ2) is 8.31. The zero-order valence-electron chi connectivity index (χ0n) is 12.0. The molecule has 1 aliphatic heterocycles. The quantitative estimate of drug-likeness (QED) is 0.728. The average Bonchev–Trinajstić information content (AvgIpc) is 2.96. The second-order valence-corrected chi connectivity index (χ2v) is 5.28. The predicted molar refractivity (Wildman–Crippen MR) is 79.4 cm³/mol. The Balaban J connectivity index is 1.71. The molecule has 2 rings (SSSR count). The highest BCUT2D eigenvalue weighted by atomic mass is 16.5. The van der Waals surface area contributed by atoms with Gasteiger partial charge in [-0.25, -0.2) is 0 Å². The molecule has 106 valence electrons. The number of ether oxygens (including phenoxy) is 1. The van der Waals surface area contributed by atoms with Crippen molar-refractivity contribution < 1.29 is 4.74 Å². The van der Waals surface area contributed by atoms with Crippen molar-refractivity contribution in [2.75, 3.05) is 39.9 Å². The normalized spacial score (nSPS) is 17.7. The van der Waals surface area contributed by atoms with Crippen LogP contribution in [0, 0.1) is 0 Å². The fourth-order valence-electron chi connectivity index (χ4n) is 2.71. The molecule has 1 unspecified atom stereocenters. The monoisotopic (exact) mass is 262 g/mol. The zero-order valence-corrected chi connectivity index (χ0v) is 12.0. The van der Waals surface area contributed by atoms with Gasteiger partial charge in [0, 0.05) is 7.11 Å². The first-order chi connectivity index (χ1) is 9.40. The highest BCUT2D eigenvalue weighted by molar-refractivity contribution is 5.18. The first-order valence-corrected chi connectivity index (χ1v) is 7.40. The van der Waals surface area contributed by atoms with E-state index in [1.807, 2.05) is 0 Å². The molecule has 1 aromatic carbocycles. The lowest BCUT2D eigenvalue weighted by atomic mass is 10.1. The molecule has 19 heavy (non-hydrogen) atoms. The van der Waals surface area contributed by atoms with E-state index in [0.717, 1.165) is 13.2 Å². The summed E-state index contributed by atoms with van der Waals surface area (Å²) in [5.74, 6) is 0. The summed E-state index contributed by atoms with van der Waals surface area (Å²) in [5, 5.41) is 3.61. The van der Waals surface area contributed by atoms with Gasteiger partial charge in [-0.2, -0.15) is 0 Å². The smallest absolute Gasteiger partial charge is 0.0657 e. The van der Waals surface area contributed by atoms with Crippen LogP contribution in [-0.4, -0.2) is 44.8 Å². The van der Waals surface area contributed by atoms with Gasteiger partial charge in [-0.3, -0.25) is 0 Å². The molecule has 0 aromatic heterocycles. The van der Waals surface area contributed by atoms with E-state index in [-0.39, 0.29) is 0 Å². The molecule has 0 aliphatic carbocycles. The van der Waals surface area contributed by atoms with E-state index < -0.39 is 0 Å². The molecule has 0 amide bonds. The van der Waals surface area contributed by atoms with Crippen LogP contribution in [0.5, 0.6) is 0 Å². The third-order valence-electron chi connectivity index (χ3n) is 3.78. The third-order valence-corrected chi connectivity index (χ3v) is 3.78. The summed E-state index contributed by atoms with van der Waals surface area (Å²) in [6.45, 7) is 5.59. The van der Waals surface area contributed by atoms with Crippen LogP contribution < -0.4 is 5.32 Å². The number of rotatable bonds is 8. The fourth-order valence-corrected chi connectivity index (χ4v) is 2.71. The average molecular weight is 262 g/mol. The summed E-state index contributed by atoms with van der Waals surface area (Å²) in [6.07, 6.45) is 3.97. The number of methoxy groups -OCH3 is 1. The largest absolute Gasteiger partial charge is 0.383 e. The summed E-state index contributed by atoms with van der Waals surface area (Å²) in [6, 6.07) is 10.9. The van der Waals surface area contributed by atoms with Crippen LogP contribution in [0.4, 0.5) is 0 Å². The van der Waals surface area contributed by atoms with Crippen molar-refractivity contribution in [3.05, 3.63) is 35.9 Å². The second-order valence-electron chi connectivity index (χ2n) is 5.28. The van der Waals surface area contributed by atoms with E-state index in [1.54, 1.807) is 7.11 Å². The van der Waals surface area contributed by atoms with Crippen LogP contribution in [0.1, 0.15) is 30.9 Å². The van der Waals surface area contributed by atoms with E-state index in [9.17, 15) is 0 Å². The van der Waals surface area contributed by atoms with E-state index >= 15 is 0 Å². The minimum absolute atomic E-state index is 0.310. The van der Waals surface area contributed by atoms with Crippen molar-refractivity contribution >= 4 is 0 Å². The molecular weight excluding hydrogens is 236 g/mol. The van der Waals surface area contributed by atoms with E-state index in [2.05, 4.69) is 40.5 Å². The predicted octanol–water partition coefficient (Wildman–Crippen LogP) is 2.45. The van der Waals surface area contributed by atoms with Gasteiger partial charge in [-0.15, -0.1) is 0 Å². The summed E-state index contributed by atoms with van der Waals surface area (Å²) in [7, 11) is 1.77. The van der Waals surface area contributed by atoms with E-state index in [0.29, 0.717) is 6.04 Å². The molecule has 1 aliphatic rings. The molecule has 1 heterocycles. The van der Waals surface area contributed by atoms with Gasteiger partial charge >= 0.3 is 0 Å². The maximum absolute atomic E-state index is 5.32. The molecule has 1 N–H and O–H groups in total. The van der Waals surface area contributed by atoms with Crippen molar-refractivity contribution in [3.63, 3.8) is 0 Å². The Morgan fingerprint density at radius 3 is 2.63 bits per heavy atom. The Morgan fingerprint density at radius 1 is 1.21 bits per heavy atom. The van der Waals surface area contributed by atoms with Crippen LogP contribution in [-0.2, 0) is 4.74 Å². The number of nitrogens with one attached hydrogen (secondary N) is 1. The molecule has 1 atom stereocenters. The van der Waals surface area contributed by atoms with Gasteiger partial charge in [-0.05, 0) is 51.0 Å². The minimum Gasteiger partial charge on any atom is -0.383 e. The van der Waals surface area contributed by atoms with Crippen LogP contribution in [0.25, 0.3) is 0 Å². The Kier molecular flexibility index (Phi) is 6.34. The maximum atomic E-state index is 5.32. The zero-order chi connectivity index (χ0) is 13.3. The van der Waals surface area contributed by atoms with Gasteiger partial charge in [0.05, 0.1) is 12.6 Å². The van der Waals surface area contributed by atoms with Crippen LogP contribution in [0.3, 0.4) is 0 Å². The van der Waals surface area contributed by atoms with Gasteiger partial charge in [0.1, 0.15) is 0 Å². The lowest BCUT2D eigenvalue weighted by Gasteiger charge is -2.20.